The van der Waals surface area contributed by atoms with Crippen molar-refractivity contribution < 1.29 is 14.3 Å². The van der Waals surface area contributed by atoms with Crippen molar-refractivity contribution in [2.24, 2.45) is 0 Å². The van der Waals surface area contributed by atoms with Crippen molar-refractivity contribution >= 4 is 57.4 Å². The van der Waals surface area contributed by atoms with Crippen LogP contribution in [0.3, 0.4) is 0 Å². The smallest absolute Gasteiger partial charge is 0.410 e. The Morgan fingerprint density at radius 3 is 2.63 bits per heavy atom. The SMILES string of the molecule is Cc1nc(Nc2ncc(C(=O)Nc3c(C)cccc3Cl)s2)cc(N2C[C@H]3C[C@@H]2CN3C(=O)OC(C)(C)C)n1. The second kappa shape index (κ2) is 10.0. The van der Waals surface area contributed by atoms with Crippen LogP contribution in [-0.2, 0) is 4.74 Å². The van der Waals surface area contributed by atoms with Gasteiger partial charge in [0.05, 0.1) is 29.0 Å². The summed E-state index contributed by atoms with van der Waals surface area (Å²) in [6, 6.07) is 7.59. The number of amides is 2. The average Bonchev–Trinajstić information content (AvgIpc) is 3.56. The molecule has 0 saturated carbocycles. The van der Waals surface area contributed by atoms with Gasteiger partial charge in [0.1, 0.15) is 27.9 Å². The van der Waals surface area contributed by atoms with Crippen molar-refractivity contribution in [2.75, 3.05) is 28.6 Å². The van der Waals surface area contributed by atoms with Crippen LogP contribution in [0, 0.1) is 13.8 Å². The van der Waals surface area contributed by atoms with Gasteiger partial charge in [-0.3, -0.25) is 4.79 Å². The zero-order chi connectivity index (χ0) is 27.2. The average molecular weight is 556 g/mol. The van der Waals surface area contributed by atoms with Crippen LogP contribution in [0.4, 0.5) is 27.2 Å². The van der Waals surface area contributed by atoms with Crippen LogP contribution in [0.1, 0.15) is 48.3 Å². The Morgan fingerprint density at radius 2 is 1.95 bits per heavy atom. The van der Waals surface area contributed by atoms with E-state index in [0.717, 1.165) is 17.8 Å². The summed E-state index contributed by atoms with van der Waals surface area (Å²) in [4.78, 5) is 43.4. The van der Waals surface area contributed by atoms with Crippen LogP contribution in [0.5, 0.6) is 0 Å². The second-order valence-electron chi connectivity index (χ2n) is 10.5. The Kier molecular flexibility index (Phi) is 6.91. The molecule has 0 radical (unpaired) electrons. The van der Waals surface area contributed by atoms with E-state index in [9.17, 15) is 9.59 Å². The fraction of sp³-hybridized carbons (Fsp3) is 0.423. The third kappa shape index (κ3) is 5.53. The third-order valence-corrected chi connectivity index (χ3v) is 7.64. The van der Waals surface area contributed by atoms with Crippen molar-refractivity contribution in [1.82, 2.24) is 19.9 Å². The largest absolute Gasteiger partial charge is 0.444 e. The lowest BCUT2D eigenvalue weighted by Crippen LogP contribution is -2.50. The van der Waals surface area contributed by atoms with Gasteiger partial charge in [0, 0.05) is 19.2 Å². The summed E-state index contributed by atoms with van der Waals surface area (Å²) in [7, 11) is 0. The first kappa shape index (κ1) is 26.2. The number of nitrogens with zero attached hydrogens (tertiary/aromatic N) is 5. The predicted octanol–water partition coefficient (Wildman–Crippen LogP) is 5.40. The third-order valence-electron chi connectivity index (χ3n) is 6.41. The van der Waals surface area contributed by atoms with Crippen LogP contribution in [0.25, 0.3) is 0 Å². The summed E-state index contributed by atoms with van der Waals surface area (Å²) in [6.07, 6.45) is 2.13. The highest BCUT2D eigenvalue weighted by atomic mass is 35.5. The van der Waals surface area contributed by atoms with E-state index in [2.05, 4.69) is 30.5 Å². The summed E-state index contributed by atoms with van der Waals surface area (Å²) in [5.74, 6) is 1.71. The summed E-state index contributed by atoms with van der Waals surface area (Å²) in [6.45, 7) is 10.6. The number of nitrogens with one attached hydrogen (secondary N) is 2. The van der Waals surface area contributed by atoms with E-state index in [4.69, 9.17) is 16.3 Å². The first-order valence-electron chi connectivity index (χ1n) is 12.4. The fourth-order valence-electron chi connectivity index (χ4n) is 4.77. The van der Waals surface area contributed by atoms with Crippen molar-refractivity contribution in [3.63, 3.8) is 0 Å². The molecule has 0 unspecified atom stereocenters. The number of hydrogen-bond acceptors (Lipinski definition) is 9. The molecular weight excluding hydrogens is 526 g/mol. The molecule has 2 saturated heterocycles. The molecule has 12 heteroatoms. The molecule has 5 rings (SSSR count). The van der Waals surface area contributed by atoms with Gasteiger partial charge in [0.25, 0.3) is 5.91 Å². The number of hydrogen-bond donors (Lipinski definition) is 2. The minimum Gasteiger partial charge on any atom is -0.444 e. The lowest BCUT2D eigenvalue weighted by Gasteiger charge is -2.35. The number of likely N-dealkylation sites (tertiary alicyclic amines) is 1. The second-order valence-corrected chi connectivity index (χ2v) is 12.0. The molecule has 200 valence electrons. The van der Waals surface area contributed by atoms with Crippen molar-refractivity contribution in [1.29, 1.82) is 0 Å². The van der Waals surface area contributed by atoms with E-state index < -0.39 is 5.60 Å². The lowest BCUT2D eigenvalue weighted by molar-refractivity contribution is 0.0214. The van der Waals surface area contributed by atoms with Gasteiger partial charge in [-0.25, -0.2) is 19.7 Å². The minimum atomic E-state index is -0.521. The number of aromatic nitrogens is 3. The Labute approximate surface area is 230 Å². The maximum absolute atomic E-state index is 12.8. The Morgan fingerprint density at radius 1 is 1.16 bits per heavy atom. The van der Waals surface area contributed by atoms with E-state index >= 15 is 0 Å². The Bertz CT molecular complexity index is 1370. The predicted molar refractivity (Wildman–Crippen MR) is 149 cm³/mol. The molecule has 38 heavy (non-hydrogen) atoms. The maximum atomic E-state index is 12.8. The van der Waals surface area contributed by atoms with E-state index in [0.29, 0.717) is 45.5 Å². The number of halogens is 1. The number of carbonyl (C=O) groups is 2. The monoisotopic (exact) mass is 555 g/mol. The van der Waals surface area contributed by atoms with Gasteiger partial charge in [0.2, 0.25) is 0 Å². The van der Waals surface area contributed by atoms with E-state index in [1.54, 1.807) is 6.07 Å². The van der Waals surface area contributed by atoms with Crippen molar-refractivity contribution in [3.05, 3.63) is 51.7 Å². The molecule has 2 amide bonds. The Hall–Kier alpha value is -3.44. The van der Waals surface area contributed by atoms with E-state index in [1.807, 2.05) is 57.7 Å². The van der Waals surface area contributed by atoms with Crippen LogP contribution in [0.2, 0.25) is 5.02 Å². The highest BCUT2D eigenvalue weighted by Gasteiger charge is 2.47. The summed E-state index contributed by atoms with van der Waals surface area (Å²) < 4.78 is 5.58. The van der Waals surface area contributed by atoms with Gasteiger partial charge in [0.15, 0.2) is 5.13 Å². The molecule has 4 heterocycles. The topological polar surface area (TPSA) is 113 Å². The fourth-order valence-corrected chi connectivity index (χ4v) is 5.75. The number of carbonyl (C=O) groups excluding carboxylic acids is 2. The van der Waals surface area contributed by atoms with Crippen LogP contribution in [-0.4, -0.2) is 62.6 Å². The zero-order valence-electron chi connectivity index (χ0n) is 21.9. The van der Waals surface area contributed by atoms with Gasteiger partial charge >= 0.3 is 6.09 Å². The van der Waals surface area contributed by atoms with Crippen molar-refractivity contribution in [3.8, 4) is 0 Å². The summed E-state index contributed by atoms with van der Waals surface area (Å²) in [5, 5.41) is 7.09. The van der Waals surface area contributed by atoms with Gasteiger partial charge in [-0.05, 0) is 52.7 Å². The number of para-hydroxylation sites is 1. The lowest BCUT2D eigenvalue weighted by atomic mass is 10.2. The molecule has 2 aromatic heterocycles. The highest BCUT2D eigenvalue weighted by molar-refractivity contribution is 7.17. The summed E-state index contributed by atoms with van der Waals surface area (Å²) in [5.41, 5.74) is 0.943. The zero-order valence-corrected chi connectivity index (χ0v) is 23.5. The molecule has 3 aromatic rings. The molecule has 2 atom stereocenters. The molecule has 2 N–H and O–H groups in total. The van der Waals surface area contributed by atoms with Crippen molar-refractivity contribution in [2.45, 2.75) is 58.7 Å². The molecular formula is C26H30ClN7O3S. The van der Waals surface area contributed by atoms with Gasteiger partial charge < -0.3 is 25.2 Å². The molecule has 2 aliphatic heterocycles. The number of rotatable bonds is 5. The molecule has 2 fully saturated rings. The first-order chi connectivity index (χ1) is 18.0. The molecule has 0 spiro atoms. The molecule has 10 nitrogen and oxygen atoms in total. The number of anilines is 4. The highest BCUT2D eigenvalue weighted by Crippen LogP contribution is 2.36. The quantitative estimate of drug-likeness (QED) is 0.430. The van der Waals surface area contributed by atoms with E-state index in [-0.39, 0.29) is 24.1 Å². The molecule has 1 aromatic carbocycles. The standard InChI is InChI=1S/C26H30ClN7O3S/c1-14-7-6-8-18(27)22(14)32-23(35)19-11-28-24(38-19)31-20-10-21(30-15(2)29-20)33-12-17-9-16(33)13-34(17)25(36)37-26(3,4)5/h6-8,10-11,16-17H,9,12-13H2,1-5H3,(H,32,35)(H,28,29,30,31)/t16-,17-/m1/s1. The summed E-state index contributed by atoms with van der Waals surface area (Å²) >= 11 is 7.47. The first-order valence-corrected chi connectivity index (χ1v) is 13.6. The molecule has 2 aliphatic rings. The maximum Gasteiger partial charge on any atom is 0.410 e. The Balaban J connectivity index is 1.25. The number of benzene rings is 1. The van der Waals surface area contributed by atoms with Crippen LogP contribution < -0.4 is 15.5 Å². The number of piperazine rings is 1. The van der Waals surface area contributed by atoms with Gasteiger partial charge in [-0.2, -0.15) is 0 Å². The van der Waals surface area contributed by atoms with Crippen LogP contribution in [0.15, 0.2) is 30.5 Å². The number of ether oxygens (including phenoxy) is 1. The van der Waals surface area contributed by atoms with E-state index in [1.165, 1.54) is 17.5 Å². The number of thiazole rings is 1. The normalized spacial score (nSPS) is 18.6. The number of fused-ring (bicyclic) bond motifs is 2. The minimum absolute atomic E-state index is 0.0864. The molecule has 0 aliphatic carbocycles. The van der Waals surface area contributed by atoms with Gasteiger partial charge in [-0.1, -0.05) is 35.1 Å². The number of aryl methyl sites for hydroxylation is 2. The van der Waals surface area contributed by atoms with Crippen LogP contribution >= 0.6 is 22.9 Å². The van der Waals surface area contributed by atoms with Gasteiger partial charge in [-0.15, -0.1) is 0 Å². The molecule has 2 bridgehead atoms.